The van der Waals surface area contributed by atoms with E-state index in [1.54, 1.807) is 18.6 Å². The van der Waals surface area contributed by atoms with E-state index >= 15 is 0 Å². The summed E-state index contributed by atoms with van der Waals surface area (Å²) >= 11 is 1.37. The van der Waals surface area contributed by atoms with Crippen molar-refractivity contribution in [2.24, 2.45) is 5.73 Å². The lowest BCUT2D eigenvalue weighted by Gasteiger charge is -2.20. The fourth-order valence-corrected chi connectivity index (χ4v) is 4.23. The molecule has 0 unspecified atom stereocenters. The molecule has 0 spiro atoms. The Kier molecular flexibility index (Phi) is 5.54. The van der Waals surface area contributed by atoms with Crippen LogP contribution in [0.4, 0.5) is 0 Å². The van der Waals surface area contributed by atoms with E-state index in [4.69, 9.17) is 10.5 Å². The largest absolute Gasteiger partial charge is 0.383 e. The van der Waals surface area contributed by atoms with Crippen molar-refractivity contribution in [2.75, 3.05) is 26.8 Å². The van der Waals surface area contributed by atoms with Crippen molar-refractivity contribution in [1.29, 1.82) is 0 Å². The quantitative estimate of drug-likeness (QED) is 0.803. The molecular formula is C10H18N2O3S2. The standard InChI is InChI=1S/C10H18N2O3S2/c1-3-12(5-6-15-2)17(13,14)10-4-7-16-9(10)8-11/h4,7H,3,5-6,8,11H2,1-2H3. The van der Waals surface area contributed by atoms with Crippen LogP contribution in [0.2, 0.25) is 0 Å². The molecule has 1 rings (SSSR count). The third kappa shape index (κ3) is 3.26. The lowest BCUT2D eigenvalue weighted by Crippen LogP contribution is -2.34. The van der Waals surface area contributed by atoms with Crippen molar-refractivity contribution >= 4 is 21.4 Å². The molecule has 1 heterocycles. The van der Waals surface area contributed by atoms with E-state index in [1.165, 1.54) is 15.6 Å². The Labute approximate surface area is 106 Å². The Bertz CT molecular complexity index is 442. The van der Waals surface area contributed by atoms with Crippen molar-refractivity contribution in [1.82, 2.24) is 4.31 Å². The maximum Gasteiger partial charge on any atom is 0.244 e. The molecule has 0 aliphatic carbocycles. The Balaban J connectivity index is 3.00. The molecule has 7 heteroatoms. The number of thiophene rings is 1. The highest BCUT2D eigenvalue weighted by Crippen LogP contribution is 2.24. The number of methoxy groups -OCH3 is 1. The van der Waals surface area contributed by atoms with Gasteiger partial charge >= 0.3 is 0 Å². The second-order valence-electron chi connectivity index (χ2n) is 3.40. The summed E-state index contributed by atoms with van der Waals surface area (Å²) in [6.45, 7) is 3.21. The summed E-state index contributed by atoms with van der Waals surface area (Å²) in [4.78, 5) is 1.02. The summed E-state index contributed by atoms with van der Waals surface area (Å²) in [5, 5.41) is 1.75. The Morgan fingerprint density at radius 3 is 2.76 bits per heavy atom. The van der Waals surface area contributed by atoms with Crippen LogP contribution in [-0.2, 0) is 21.3 Å². The van der Waals surface area contributed by atoms with Crippen molar-refractivity contribution < 1.29 is 13.2 Å². The van der Waals surface area contributed by atoms with Gasteiger partial charge in [0.05, 0.1) is 11.5 Å². The van der Waals surface area contributed by atoms with Crippen LogP contribution >= 0.6 is 11.3 Å². The maximum atomic E-state index is 12.3. The molecule has 0 saturated carbocycles. The number of hydrogen-bond donors (Lipinski definition) is 1. The molecule has 17 heavy (non-hydrogen) atoms. The summed E-state index contributed by atoms with van der Waals surface area (Å²) in [7, 11) is -1.89. The molecule has 0 aromatic carbocycles. The normalized spacial score (nSPS) is 12.2. The maximum absolute atomic E-state index is 12.3. The van der Waals surface area contributed by atoms with Crippen LogP contribution in [0.15, 0.2) is 16.3 Å². The van der Waals surface area contributed by atoms with Gasteiger partial charge in [-0.15, -0.1) is 11.3 Å². The molecule has 0 atom stereocenters. The molecule has 0 radical (unpaired) electrons. The number of nitrogens with two attached hydrogens (primary N) is 1. The van der Waals surface area contributed by atoms with Gasteiger partial charge in [0.2, 0.25) is 10.0 Å². The van der Waals surface area contributed by atoms with E-state index in [1.807, 2.05) is 6.92 Å². The minimum atomic E-state index is -3.44. The summed E-state index contributed by atoms with van der Waals surface area (Å²) in [6.07, 6.45) is 0. The van der Waals surface area contributed by atoms with Crippen LogP contribution in [0.1, 0.15) is 11.8 Å². The molecule has 0 amide bonds. The summed E-state index contributed by atoms with van der Waals surface area (Å²) < 4.78 is 31.0. The number of hydrogen-bond acceptors (Lipinski definition) is 5. The molecule has 0 fully saturated rings. The van der Waals surface area contributed by atoms with Gasteiger partial charge in [0, 0.05) is 31.6 Å². The zero-order valence-electron chi connectivity index (χ0n) is 10.0. The molecule has 1 aromatic heterocycles. The van der Waals surface area contributed by atoms with E-state index in [9.17, 15) is 8.42 Å². The highest BCUT2D eigenvalue weighted by molar-refractivity contribution is 7.89. The number of likely N-dealkylation sites (N-methyl/N-ethyl adjacent to an activating group) is 1. The number of rotatable bonds is 7. The Morgan fingerprint density at radius 2 is 2.24 bits per heavy atom. The number of nitrogens with zero attached hydrogens (tertiary/aromatic N) is 1. The highest BCUT2D eigenvalue weighted by Gasteiger charge is 2.25. The molecule has 0 saturated heterocycles. The number of ether oxygens (including phenoxy) is 1. The Morgan fingerprint density at radius 1 is 1.53 bits per heavy atom. The van der Waals surface area contributed by atoms with Gasteiger partial charge in [0.15, 0.2) is 0 Å². The number of sulfonamides is 1. The molecule has 0 aliphatic heterocycles. The molecule has 0 aliphatic rings. The van der Waals surface area contributed by atoms with E-state index in [0.29, 0.717) is 29.5 Å². The van der Waals surface area contributed by atoms with Gasteiger partial charge in [-0.3, -0.25) is 0 Å². The highest BCUT2D eigenvalue weighted by atomic mass is 32.2. The minimum Gasteiger partial charge on any atom is -0.383 e. The van der Waals surface area contributed by atoms with Crippen molar-refractivity contribution in [3.8, 4) is 0 Å². The third-order valence-electron chi connectivity index (χ3n) is 2.41. The van der Waals surface area contributed by atoms with Gasteiger partial charge in [0.1, 0.15) is 0 Å². The predicted molar refractivity (Wildman–Crippen MR) is 68.5 cm³/mol. The summed E-state index contributed by atoms with van der Waals surface area (Å²) in [5.41, 5.74) is 5.54. The third-order valence-corrected chi connectivity index (χ3v) is 5.54. The van der Waals surface area contributed by atoms with Crippen LogP contribution in [-0.4, -0.2) is 39.5 Å². The van der Waals surface area contributed by atoms with E-state index in [2.05, 4.69) is 0 Å². The summed E-state index contributed by atoms with van der Waals surface area (Å²) in [6, 6.07) is 1.61. The van der Waals surface area contributed by atoms with Gasteiger partial charge in [-0.2, -0.15) is 4.31 Å². The molecule has 5 nitrogen and oxygen atoms in total. The van der Waals surface area contributed by atoms with Crippen LogP contribution in [0, 0.1) is 0 Å². The molecule has 0 bridgehead atoms. The average Bonchev–Trinajstić information content (AvgIpc) is 2.78. The summed E-state index contributed by atoms with van der Waals surface area (Å²) in [5.74, 6) is 0. The zero-order chi connectivity index (χ0) is 12.9. The second-order valence-corrected chi connectivity index (χ2v) is 6.31. The smallest absolute Gasteiger partial charge is 0.244 e. The zero-order valence-corrected chi connectivity index (χ0v) is 11.7. The van der Waals surface area contributed by atoms with Gasteiger partial charge in [-0.25, -0.2) is 8.42 Å². The second kappa shape index (κ2) is 6.46. The predicted octanol–water partition coefficient (Wildman–Crippen LogP) is 0.864. The monoisotopic (exact) mass is 278 g/mol. The SMILES string of the molecule is CCN(CCOC)S(=O)(=O)c1ccsc1CN. The minimum absolute atomic E-state index is 0.244. The van der Waals surface area contributed by atoms with Gasteiger partial charge in [0.25, 0.3) is 0 Å². The average molecular weight is 278 g/mol. The lowest BCUT2D eigenvalue weighted by atomic mass is 10.5. The fraction of sp³-hybridized carbons (Fsp3) is 0.600. The first kappa shape index (κ1) is 14.6. The van der Waals surface area contributed by atoms with E-state index in [-0.39, 0.29) is 6.54 Å². The molecule has 1 aromatic rings. The first-order valence-corrected chi connectivity index (χ1v) is 7.65. The topological polar surface area (TPSA) is 72.6 Å². The Hall–Kier alpha value is -0.470. The van der Waals surface area contributed by atoms with Crippen molar-refractivity contribution in [3.05, 3.63) is 16.3 Å². The van der Waals surface area contributed by atoms with Crippen LogP contribution < -0.4 is 5.73 Å². The van der Waals surface area contributed by atoms with Gasteiger partial charge in [-0.05, 0) is 11.4 Å². The van der Waals surface area contributed by atoms with Crippen LogP contribution in [0.25, 0.3) is 0 Å². The van der Waals surface area contributed by atoms with Crippen LogP contribution in [0.3, 0.4) is 0 Å². The molecule has 2 N–H and O–H groups in total. The first-order chi connectivity index (χ1) is 8.07. The van der Waals surface area contributed by atoms with E-state index < -0.39 is 10.0 Å². The molecular weight excluding hydrogens is 260 g/mol. The van der Waals surface area contributed by atoms with Crippen LogP contribution in [0.5, 0.6) is 0 Å². The lowest BCUT2D eigenvalue weighted by molar-refractivity contribution is 0.180. The van der Waals surface area contributed by atoms with Crippen molar-refractivity contribution in [3.63, 3.8) is 0 Å². The molecule has 98 valence electrons. The van der Waals surface area contributed by atoms with Crippen molar-refractivity contribution in [2.45, 2.75) is 18.4 Å². The fourth-order valence-electron chi connectivity index (χ4n) is 1.49. The first-order valence-electron chi connectivity index (χ1n) is 5.33. The van der Waals surface area contributed by atoms with Gasteiger partial charge < -0.3 is 10.5 Å². The van der Waals surface area contributed by atoms with Gasteiger partial charge in [-0.1, -0.05) is 6.92 Å². The van der Waals surface area contributed by atoms with E-state index in [0.717, 1.165) is 0 Å².